The van der Waals surface area contributed by atoms with Crippen molar-refractivity contribution in [2.45, 2.75) is 31.6 Å². The van der Waals surface area contributed by atoms with E-state index in [0.29, 0.717) is 23.9 Å². The van der Waals surface area contributed by atoms with Gasteiger partial charge in [0.2, 0.25) is 10.0 Å². The molecule has 3 N–H and O–H groups in total. The maximum atomic E-state index is 12.1. The SMILES string of the molecule is Cc1n[nH]c(C)c1S(=O)(=O)NCCC1CCNC1.Cl. The number of halogens is 1. The van der Waals surface area contributed by atoms with Gasteiger partial charge in [-0.3, -0.25) is 5.10 Å². The highest BCUT2D eigenvalue weighted by Gasteiger charge is 2.22. The fourth-order valence-corrected chi connectivity index (χ4v) is 3.78. The second-order valence-corrected chi connectivity index (χ2v) is 6.51. The van der Waals surface area contributed by atoms with Gasteiger partial charge in [0, 0.05) is 6.54 Å². The van der Waals surface area contributed by atoms with E-state index in [-0.39, 0.29) is 17.3 Å². The number of rotatable bonds is 5. The van der Waals surface area contributed by atoms with Gasteiger partial charge in [-0.05, 0) is 45.7 Å². The molecule has 1 aliphatic rings. The molecule has 2 rings (SSSR count). The van der Waals surface area contributed by atoms with Crippen molar-refractivity contribution in [2.24, 2.45) is 5.92 Å². The maximum Gasteiger partial charge on any atom is 0.244 e. The summed E-state index contributed by atoms with van der Waals surface area (Å²) in [7, 11) is -3.43. The van der Waals surface area contributed by atoms with E-state index >= 15 is 0 Å². The van der Waals surface area contributed by atoms with Gasteiger partial charge in [0.25, 0.3) is 0 Å². The van der Waals surface area contributed by atoms with Crippen molar-refractivity contribution in [3.8, 4) is 0 Å². The van der Waals surface area contributed by atoms with Gasteiger partial charge in [-0.15, -0.1) is 12.4 Å². The van der Waals surface area contributed by atoms with Crippen molar-refractivity contribution in [3.05, 3.63) is 11.4 Å². The average Bonchev–Trinajstić information content (AvgIpc) is 2.89. The largest absolute Gasteiger partial charge is 0.316 e. The van der Waals surface area contributed by atoms with Gasteiger partial charge in [-0.25, -0.2) is 13.1 Å². The molecule has 8 heteroatoms. The zero-order valence-corrected chi connectivity index (χ0v) is 12.8. The first-order chi connectivity index (χ1) is 8.50. The molecule has 0 radical (unpaired) electrons. The molecule has 0 aliphatic carbocycles. The number of aromatic amines is 1. The number of H-pyrrole nitrogens is 1. The number of aromatic nitrogens is 2. The second-order valence-electron chi connectivity index (χ2n) is 4.81. The minimum atomic E-state index is -3.43. The standard InChI is InChI=1S/C11H20N4O2S.ClH/c1-8-11(9(2)15-14-8)18(16,17)13-6-4-10-3-5-12-7-10;/h10,12-13H,3-7H2,1-2H3,(H,14,15);1H. The van der Waals surface area contributed by atoms with Crippen molar-refractivity contribution in [1.29, 1.82) is 0 Å². The maximum absolute atomic E-state index is 12.1. The van der Waals surface area contributed by atoms with Gasteiger partial charge in [0.1, 0.15) is 4.90 Å². The molecular formula is C11H21ClN4O2S. The van der Waals surface area contributed by atoms with Crippen molar-refractivity contribution in [1.82, 2.24) is 20.2 Å². The molecule has 110 valence electrons. The van der Waals surface area contributed by atoms with Gasteiger partial charge in [-0.2, -0.15) is 5.10 Å². The third kappa shape index (κ3) is 3.92. The molecule has 1 aromatic rings. The van der Waals surface area contributed by atoms with Gasteiger partial charge in [-0.1, -0.05) is 0 Å². The molecule has 1 fully saturated rings. The fraction of sp³-hybridized carbons (Fsp3) is 0.727. The Balaban J connectivity index is 0.00000180. The molecule has 1 aromatic heterocycles. The van der Waals surface area contributed by atoms with E-state index in [1.807, 2.05) is 0 Å². The lowest BCUT2D eigenvalue weighted by Crippen LogP contribution is -2.27. The number of nitrogens with one attached hydrogen (secondary N) is 3. The summed E-state index contributed by atoms with van der Waals surface area (Å²) < 4.78 is 26.9. The lowest BCUT2D eigenvalue weighted by Gasteiger charge is -2.10. The Kier molecular flexibility index (Phi) is 5.79. The van der Waals surface area contributed by atoms with Crippen molar-refractivity contribution in [3.63, 3.8) is 0 Å². The van der Waals surface area contributed by atoms with Gasteiger partial charge in [0.05, 0.1) is 11.4 Å². The Morgan fingerprint density at radius 3 is 2.68 bits per heavy atom. The minimum absolute atomic E-state index is 0. The summed E-state index contributed by atoms with van der Waals surface area (Å²) in [6, 6.07) is 0. The van der Waals surface area contributed by atoms with Crippen molar-refractivity contribution < 1.29 is 8.42 Å². The highest BCUT2D eigenvalue weighted by atomic mass is 35.5. The molecule has 0 saturated carbocycles. The first-order valence-electron chi connectivity index (χ1n) is 6.22. The van der Waals surface area contributed by atoms with Crippen LogP contribution in [-0.2, 0) is 10.0 Å². The molecule has 0 bridgehead atoms. The van der Waals surface area contributed by atoms with E-state index in [2.05, 4.69) is 20.2 Å². The molecule has 6 nitrogen and oxygen atoms in total. The second kappa shape index (κ2) is 6.69. The van der Waals surface area contributed by atoms with Gasteiger partial charge in [0.15, 0.2) is 0 Å². The zero-order valence-electron chi connectivity index (χ0n) is 11.2. The molecule has 1 saturated heterocycles. The van der Waals surface area contributed by atoms with Crippen LogP contribution in [0.3, 0.4) is 0 Å². The Labute approximate surface area is 120 Å². The van der Waals surface area contributed by atoms with E-state index < -0.39 is 10.0 Å². The number of nitrogens with zero attached hydrogens (tertiary/aromatic N) is 1. The summed E-state index contributed by atoms with van der Waals surface area (Å²) >= 11 is 0. The minimum Gasteiger partial charge on any atom is -0.316 e. The summed E-state index contributed by atoms with van der Waals surface area (Å²) in [6.07, 6.45) is 2.01. The third-order valence-electron chi connectivity index (χ3n) is 3.34. The highest BCUT2D eigenvalue weighted by molar-refractivity contribution is 7.89. The number of hydrogen-bond acceptors (Lipinski definition) is 4. The number of aryl methyl sites for hydroxylation is 2. The van der Waals surface area contributed by atoms with Crippen LogP contribution in [0.5, 0.6) is 0 Å². The first kappa shape index (κ1) is 16.4. The van der Waals surface area contributed by atoms with Gasteiger partial charge < -0.3 is 5.32 Å². The highest BCUT2D eigenvalue weighted by Crippen LogP contribution is 2.17. The summed E-state index contributed by atoms with van der Waals surface area (Å²) in [6.45, 7) is 5.93. The molecule has 19 heavy (non-hydrogen) atoms. The van der Waals surface area contributed by atoms with Crippen LogP contribution < -0.4 is 10.0 Å². The summed E-state index contributed by atoms with van der Waals surface area (Å²) in [4.78, 5) is 0.284. The fourth-order valence-electron chi connectivity index (χ4n) is 2.37. The summed E-state index contributed by atoms with van der Waals surface area (Å²) in [5, 5.41) is 9.88. The number of hydrogen-bond donors (Lipinski definition) is 3. The van der Waals surface area contributed by atoms with Crippen LogP contribution in [0.25, 0.3) is 0 Å². The first-order valence-corrected chi connectivity index (χ1v) is 7.71. The van der Waals surface area contributed by atoms with E-state index in [9.17, 15) is 8.42 Å². The van der Waals surface area contributed by atoms with Crippen LogP contribution in [0.4, 0.5) is 0 Å². The van der Waals surface area contributed by atoms with Crippen LogP contribution >= 0.6 is 12.4 Å². The van der Waals surface area contributed by atoms with Crippen molar-refractivity contribution in [2.75, 3.05) is 19.6 Å². The molecule has 1 aliphatic heterocycles. The molecular weight excluding hydrogens is 288 g/mol. The van der Waals surface area contributed by atoms with Gasteiger partial charge >= 0.3 is 0 Å². The smallest absolute Gasteiger partial charge is 0.244 e. The Morgan fingerprint density at radius 1 is 1.42 bits per heavy atom. The number of sulfonamides is 1. The van der Waals surface area contributed by atoms with Crippen LogP contribution in [0.1, 0.15) is 24.2 Å². The lowest BCUT2D eigenvalue weighted by molar-refractivity contribution is 0.519. The van der Waals surface area contributed by atoms with Crippen LogP contribution in [-0.4, -0.2) is 38.2 Å². The Hall–Kier alpha value is -0.630. The van der Waals surface area contributed by atoms with E-state index in [1.54, 1.807) is 13.8 Å². The quantitative estimate of drug-likeness (QED) is 0.748. The molecule has 1 unspecified atom stereocenters. The molecule has 0 amide bonds. The van der Waals surface area contributed by atoms with Crippen LogP contribution in [0.15, 0.2) is 4.90 Å². The predicted octanol–water partition coefficient (Wildman–Crippen LogP) is 0.726. The van der Waals surface area contributed by atoms with Crippen molar-refractivity contribution >= 4 is 22.4 Å². The topological polar surface area (TPSA) is 86.9 Å². The van der Waals surface area contributed by atoms with E-state index in [0.717, 1.165) is 25.9 Å². The molecule has 2 heterocycles. The molecule has 1 atom stereocenters. The van der Waals surface area contributed by atoms with Crippen LogP contribution in [0.2, 0.25) is 0 Å². The van der Waals surface area contributed by atoms with E-state index in [4.69, 9.17) is 0 Å². The Bertz CT molecular complexity index is 489. The monoisotopic (exact) mass is 308 g/mol. The third-order valence-corrected chi connectivity index (χ3v) is 5.06. The zero-order chi connectivity index (χ0) is 13.2. The van der Waals surface area contributed by atoms with E-state index in [1.165, 1.54) is 0 Å². The van der Waals surface area contributed by atoms with Crippen LogP contribution in [0, 0.1) is 19.8 Å². The average molecular weight is 309 g/mol. The lowest BCUT2D eigenvalue weighted by atomic mass is 10.1. The molecule has 0 spiro atoms. The Morgan fingerprint density at radius 2 is 2.16 bits per heavy atom. The predicted molar refractivity (Wildman–Crippen MR) is 76.1 cm³/mol. The molecule has 0 aromatic carbocycles. The summed E-state index contributed by atoms with van der Waals surface area (Å²) in [5.74, 6) is 0.583. The summed E-state index contributed by atoms with van der Waals surface area (Å²) in [5.41, 5.74) is 1.10. The normalized spacial score (nSPS) is 19.4.